The molecule has 0 bridgehead atoms. The summed E-state index contributed by atoms with van der Waals surface area (Å²) >= 11 is 3.25. The molecule has 0 saturated carbocycles. The van der Waals surface area contributed by atoms with Gasteiger partial charge < -0.3 is 10.5 Å². The Labute approximate surface area is 102 Å². The van der Waals surface area contributed by atoms with Gasteiger partial charge in [0.25, 0.3) is 0 Å². The zero-order chi connectivity index (χ0) is 12.0. The smallest absolute Gasteiger partial charge is 0.360 e. The normalized spacial score (nSPS) is 9.12. The number of rotatable bonds is 2. The van der Waals surface area contributed by atoms with E-state index in [0.717, 1.165) is 5.33 Å². The van der Waals surface area contributed by atoms with E-state index in [4.69, 9.17) is 5.73 Å². The first kappa shape index (κ1) is 12.5. The summed E-state index contributed by atoms with van der Waals surface area (Å²) in [6, 6.07) is 0. The number of aromatic nitrogens is 2. The molecule has 0 fully saturated rings. The lowest BCUT2D eigenvalue weighted by Crippen LogP contribution is -2.10. The van der Waals surface area contributed by atoms with Gasteiger partial charge in [0, 0.05) is 11.8 Å². The quantitative estimate of drug-likeness (QED) is 0.497. The largest absolute Gasteiger partial charge is 0.464 e. The summed E-state index contributed by atoms with van der Waals surface area (Å²) in [4.78, 5) is 19.0. The minimum absolute atomic E-state index is 0.00635. The molecule has 5 nitrogen and oxygen atoms in total. The molecule has 0 aliphatic carbocycles. The molecule has 1 rings (SSSR count). The molecule has 0 aliphatic rings. The van der Waals surface area contributed by atoms with Gasteiger partial charge in [0.05, 0.1) is 13.3 Å². The van der Waals surface area contributed by atoms with Crippen molar-refractivity contribution in [3.63, 3.8) is 0 Å². The lowest BCUT2D eigenvalue weighted by molar-refractivity contribution is 0.0595. The summed E-state index contributed by atoms with van der Waals surface area (Å²) in [5.41, 5.74) is 5.88. The first-order valence-corrected chi connectivity index (χ1v) is 5.57. The second-order valence-electron chi connectivity index (χ2n) is 2.72. The van der Waals surface area contributed by atoms with Crippen molar-refractivity contribution < 1.29 is 9.53 Å². The van der Waals surface area contributed by atoms with Crippen molar-refractivity contribution in [3.05, 3.63) is 17.6 Å². The molecule has 0 aliphatic heterocycles. The second-order valence-corrected chi connectivity index (χ2v) is 3.51. The molecule has 1 aromatic heterocycles. The predicted molar refractivity (Wildman–Crippen MR) is 63.1 cm³/mol. The molecule has 16 heavy (non-hydrogen) atoms. The molecule has 6 heteroatoms. The van der Waals surface area contributed by atoms with E-state index in [1.54, 1.807) is 0 Å². The van der Waals surface area contributed by atoms with Crippen molar-refractivity contribution in [1.82, 2.24) is 9.97 Å². The van der Waals surface area contributed by atoms with Crippen LogP contribution < -0.4 is 5.73 Å². The van der Waals surface area contributed by atoms with E-state index in [9.17, 15) is 4.79 Å². The van der Waals surface area contributed by atoms with Crippen LogP contribution in [0.3, 0.4) is 0 Å². The molecule has 0 aromatic carbocycles. The van der Waals surface area contributed by atoms with Crippen molar-refractivity contribution in [2.75, 3.05) is 18.2 Å². The van der Waals surface area contributed by atoms with Crippen LogP contribution in [0.2, 0.25) is 0 Å². The van der Waals surface area contributed by atoms with Crippen LogP contribution in [0.4, 0.5) is 5.82 Å². The zero-order valence-electron chi connectivity index (χ0n) is 8.66. The molecule has 0 atom stereocenters. The SMILES string of the molecule is COC(=O)c1nc(C#CCCBr)cnc1N. The Morgan fingerprint density at radius 1 is 1.69 bits per heavy atom. The van der Waals surface area contributed by atoms with Gasteiger partial charge in [-0.15, -0.1) is 0 Å². The molecule has 0 spiro atoms. The Kier molecular flexibility index (Phi) is 4.73. The highest BCUT2D eigenvalue weighted by Crippen LogP contribution is 2.06. The van der Waals surface area contributed by atoms with E-state index in [0.29, 0.717) is 12.1 Å². The number of nitrogen functional groups attached to an aromatic ring is 1. The van der Waals surface area contributed by atoms with Crippen LogP contribution in [0.25, 0.3) is 0 Å². The molecule has 0 amide bonds. The molecular formula is C10H10BrN3O2. The van der Waals surface area contributed by atoms with Crippen LogP contribution >= 0.6 is 15.9 Å². The van der Waals surface area contributed by atoms with Crippen molar-refractivity contribution in [1.29, 1.82) is 0 Å². The number of carbonyl (C=O) groups excluding carboxylic acids is 1. The fourth-order valence-corrected chi connectivity index (χ4v) is 1.10. The summed E-state index contributed by atoms with van der Waals surface area (Å²) in [5.74, 6) is 5.06. The summed E-state index contributed by atoms with van der Waals surface area (Å²) in [5, 5.41) is 0.784. The number of ether oxygens (including phenoxy) is 1. The van der Waals surface area contributed by atoms with Crippen molar-refractivity contribution in [3.8, 4) is 11.8 Å². The topological polar surface area (TPSA) is 78.1 Å². The van der Waals surface area contributed by atoms with Gasteiger partial charge in [-0.25, -0.2) is 14.8 Å². The minimum atomic E-state index is -0.617. The van der Waals surface area contributed by atoms with Crippen molar-refractivity contribution in [2.24, 2.45) is 0 Å². The lowest BCUT2D eigenvalue weighted by Gasteiger charge is -2.01. The Morgan fingerprint density at radius 2 is 2.44 bits per heavy atom. The summed E-state index contributed by atoms with van der Waals surface area (Å²) < 4.78 is 4.52. The highest BCUT2D eigenvalue weighted by Gasteiger charge is 2.13. The Hall–Kier alpha value is -1.61. The molecule has 0 unspecified atom stereocenters. The van der Waals surface area contributed by atoms with Gasteiger partial charge in [0.15, 0.2) is 11.5 Å². The number of hydrogen-bond donors (Lipinski definition) is 1. The third-order valence-electron chi connectivity index (χ3n) is 1.62. The predicted octanol–water partition coefficient (Wildman–Crippen LogP) is 0.982. The van der Waals surface area contributed by atoms with Gasteiger partial charge in [-0.2, -0.15) is 0 Å². The van der Waals surface area contributed by atoms with Crippen LogP contribution in [0, 0.1) is 11.8 Å². The Morgan fingerprint density at radius 3 is 3.06 bits per heavy atom. The first-order chi connectivity index (χ1) is 7.69. The number of esters is 1. The number of anilines is 1. The van der Waals surface area contributed by atoms with Crippen LogP contribution in [-0.4, -0.2) is 28.4 Å². The minimum Gasteiger partial charge on any atom is -0.464 e. The maximum absolute atomic E-state index is 11.3. The highest BCUT2D eigenvalue weighted by atomic mass is 79.9. The zero-order valence-corrected chi connectivity index (χ0v) is 10.2. The third kappa shape index (κ3) is 3.21. The van der Waals surface area contributed by atoms with Gasteiger partial charge in [0.1, 0.15) is 5.69 Å². The average molecular weight is 284 g/mol. The van der Waals surface area contributed by atoms with Crippen LogP contribution in [0.15, 0.2) is 6.20 Å². The van der Waals surface area contributed by atoms with Crippen LogP contribution in [0.1, 0.15) is 22.6 Å². The molecular weight excluding hydrogens is 274 g/mol. The number of halogens is 1. The summed E-state index contributed by atoms with van der Waals surface area (Å²) in [6.07, 6.45) is 2.11. The van der Waals surface area contributed by atoms with E-state index in [2.05, 4.69) is 42.5 Å². The second kappa shape index (κ2) is 6.08. The fourth-order valence-electron chi connectivity index (χ4n) is 0.906. The number of hydrogen-bond acceptors (Lipinski definition) is 5. The van der Waals surface area contributed by atoms with Crippen LogP contribution in [-0.2, 0) is 4.74 Å². The van der Waals surface area contributed by atoms with Crippen molar-refractivity contribution in [2.45, 2.75) is 6.42 Å². The molecule has 1 heterocycles. The number of nitrogens with two attached hydrogens (primary N) is 1. The molecule has 84 valence electrons. The van der Waals surface area contributed by atoms with E-state index in [1.165, 1.54) is 13.3 Å². The third-order valence-corrected chi connectivity index (χ3v) is 2.01. The number of carbonyl (C=O) groups is 1. The maximum atomic E-state index is 11.3. The van der Waals surface area contributed by atoms with Gasteiger partial charge >= 0.3 is 5.97 Å². The highest BCUT2D eigenvalue weighted by molar-refractivity contribution is 9.09. The molecule has 0 radical (unpaired) electrons. The van der Waals surface area contributed by atoms with Gasteiger partial charge in [-0.1, -0.05) is 21.9 Å². The first-order valence-electron chi connectivity index (χ1n) is 4.44. The van der Waals surface area contributed by atoms with Gasteiger partial charge in [0.2, 0.25) is 0 Å². The lowest BCUT2D eigenvalue weighted by atomic mass is 10.3. The van der Waals surface area contributed by atoms with Gasteiger partial charge in [-0.3, -0.25) is 0 Å². The number of alkyl halides is 1. The maximum Gasteiger partial charge on any atom is 0.360 e. The van der Waals surface area contributed by atoms with Gasteiger partial charge in [-0.05, 0) is 5.92 Å². The Bertz CT molecular complexity index is 451. The standard InChI is InChI=1S/C10H10BrN3O2/c1-16-10(15)8-9(12)13-6-7(14-8)4-2-3-5-11/h6H,3,5H2,1H3,(H2,12,13). The molecule has 1 aromatic rings. The average Bonchev–Trinajstić information content (AvgIpc) is 2.30. The van der Waals surface area contributed by atoms with E-state index < -0.39 is 5.97 Å². The summed E-state index contributed by atoms with van der Waals surface area (Å²) in [6.45, 7) is 0. The number of methoxy groups -OCH3 is 1. The summed E-state index contributed by atoms with van der Waals surface area (Å²) in [7, 11) is 1.26. The van der Waals surface area contributed by atoms with E-state index in [1.807, 2.05) is 0 Å². The Balaban J connectivity index is 2.99. The van der Waals surface area contributed by atoms with Crippen molar-refractivity contribution >= 4 is 27.7 Å². The van der Waals surface area contributed by atoms with Crippen LogP contribution in [0.5, 0.6) is 0 Å². The van der Waals surface area contributed by atoms with E-state index >= 15 is 0 Å². The monoisotopic (exact) mass is 283 g/mol. The molecule has 2 N–H and O–H groups in total. The fraction of sp³-hybridized carbons (Fsp3) is 0.300. The molecule has 0 saturated heterocycles. The van der Waals surface area contributed by atoms with E-state index in [-0.39, 0.29) is 11.5 Å². The number of nitrogens with zero attached hydrogens (tertiary/aromatic N) is 2.